The van der Waals surface area contributed by atoms with Crippen LogP contribution in [0.25, 0.3) is 0 Å². The molecule has 0 aromatic heterocycles. The predicted molar refractivity (Wildman–Crippen MR) is 76.6 cm³/mol. The molecule has 104 valence electrons. The Morgan fingerprint density at radius 3 is 1.44 bits per heavy atom. The first-order valence-electron chi connectivity index (χ1n) is 5.85. The van der Waals surface area contributed by atoms with Gasteiger partial charge in [-0.15, -0.1) is 0 Å². The summed E-state index contributed by atoms with van der Waals surface area (Å²) in [5.41, 5.74) is 0. The Morgan fingerprint density at radius 2 is 1.17 bits per heavy atom. The summed E-state index contributed by atoms with van der Waals surface area (Å²) < 4.78 is 11.3. The van der Waals surface area contributed by atoms with Gasteiger partial charge in [0.2, 0.25) is 0 Å². The standard InChI is InChI=1S/C12H18Br2O4/c1-3-5-11(15)17-7-9(13)10(14)8-18-12(16)6-4-2/h3-8H2,1-2H3/b10-9+. The van der Waals surface area contributed by atoms with Crippen LogP contribution in [0.5, 0.6) is 0 Å². The molecule has 0 spiro atoms. The largest absolute Gasteiger partial charge is 0.460 e. The predicted octanol–water partition coefficient (Wildman–Crippen LogP) is 3.67. The molecule has 18 heavy (non-hydrogen) atoms. The maximum atomic E-state index is 11.2. The van der Waals surface area contributed by atoms with E-state index >= 15 is 0 Å². The average molecular weight is 386 g/mol. The third-order valence-corrected chi connectivity index (χ3v) is 3.87. The highest BCUT2D eigenvalue weighted by atomic mass is 79.9. The van der Waals surface area contributed by atoms with Crippen LogP contribution in [-0.2, 0) is 19.1 Å². The van der Waals surface area contributed by atoms with Crippen LogP contribution < -0.4 is 0 Å². The Labute approximate surface area is 124 Å². The van der Waals surface area contributed by atoms with Crippen LogP contribution in [0.3, 0.4) is 0 Å². The smallest absolute Gasteiger partial charge is 0.306 e. The summed E-state index contributed by atoms with van der Waals surface area (Å²) in [4.78, 5) is 22.3. The minimum Gasteiger partial charge on any atom is -0.460 e. The lowest BCUT2D eigenvalue weighted by Crippen LogP contribution is -2.08. The lowest BCUT2D eigenvalue weighted by molar-refractivity contribution is -0.143. The van der Waals surface area contributed by atoms with Gasteiger partial charge in [0.25, 0.3) is 0 Å². The molecule has 0 aromatic rings. The third-order valence-electron chi connectivity index (χ3n) is 1.92. The number of hydrogen-bond donors (Lipinski definition) is 0. The zero-order valence-electron chi connectivity index (χ0n) is 10.6. The Morgan fingerprint density at radius 1 is 0.833 bits per heavy atom. The van der Waals surface area contributed by atoms with Gasteiger partial charge in [-0.2, -0.15) is 0 Å². The van der Waals surface area contributed by atoms with E-state index in [9.17, 15) is 9.59 Å². The van der Waals surface area contributed by atoms with E-state index in [0.29, 0.717) is 21.8 Å². The zero-order chi connectivity index (χ0) is 14.0. The van der Waals surface area contributed by atoms with Crippen molar-refractivity contribution in [3.8, 4) is 0 Å². The summed E-state index contributed by atoms with van der Waals surface area (Å²) in [7, 11) is 0. The van der Waals surface area contributed by atoms with Gasteiger partial charge in [0.05, 0.1) is 0 Å². The van der Waals surface area contributed by atoms with Gasteiger partial charge >= 0.3 is 11.9 Å². The van der Waals surface area contributed by atoms with Crippen LogP contribution in [0.4, 0.5) is 0 Å². The molecule has 4 nitrogen and oxygen atoms in total. The maximum Gasteiger partial charge on any atom is 0.306 e. The van der Waals surface area contributed by atoms with E-state index in [1.54, 1.807) is 0 Å². The third kappa shape index (κ3) is 8.69. The van der Waals surface area contributed by atoms with Gasteiger partial charge < -0.3 is 9.47 Å². The highest BCUT2D eigenvalue weighted by Gasteiger charge is 2.08. The summed E-state index contributed by atoms with van der Waals surface area (Å²) in [6.45, 7) is 4.11. The van der Waals surface area contributed by atoms with E-state index in [0.717, 1.165) is 12.8 Å². The van der Waals surface area contributed by atoms with Crippen molar-refractivity contribution in [1.29, 1.82) is 0 Å². The van der Waals surface area contributed by atoms with Crippen LogP contribution in [0.2, 0.25) is 0 Å². The van der Waals surface area contributed by atoms with Gasteiger partial charge in [0, 0.05) is 21.8 Å². The molecule has 0 unspecified atom stereocenters. The lowest BCUT2D eigenvalue weighted by Gasteiger charge is -2.07. The normalized spacial score (nSPS) is 11.8. The minimum atomic E-state index is -0.238. The molecule has 0 bridgehead atoms. The molecule has 0 saturated heterocycles. The van der Waals surface area contributed by atoms with Crippen LogP contribution in [0.1, 0.15) is 39.5 Å². The van der Waals surface area contributed by atoms with Gasteiger partial charge in [0.15, 0.2) is 0 Å². The Bertz CT molecular complexity index is 283. The van der Waals surface area contributed by atoms with Crippen molar-refractivity contribution >= 4 is 43.8 Å². The fourth-order valence-corrected chi connectivity index (χ4v) is 1.45. The molecule has 0 radical (unpaired) electrons. The monoisotopic (exact) mass is 384 g/mol. The van der Waals surface area contributed by atoms with Crippen molar-refractivity contribution in [2.75, 3.05) is 13.2 Å². The highest BCUT2D eigenvalue weighted by molar-refractivity contribution is 9.14. The van der Waals surface area contributed by atoms with Gasteiger partial charge in [0.1, 0.15) is 13.2 Å². The van der Waals surface area contributed by atoms with Crippen LogP contribution in [0, 0.1) is 0 Å². The molecule has 0 aromatic carbocycles. The van der Waals surface area contributed by atoms with Gasteiger partial charge in [-0.3, -0.25) is 9.59 Å². The number of carbonyl (C=O) groups is 2. The van der Waals surface area contributed by atoms with Gasteiger partial charge in [-0.05, 0) is 12.8 Å². The molecule has 0 aliphatic heterocycles. The van der Waals surface area contributed by atoms with Crippen LogP contribution >= 0.6 is 31.9 Å². The number of hydrogen-bond acceptors (Lipinski definition) is 4. The van der Waals surface area contributed by atoms with E-state index in [-0.39, 0.29) is 25.2 Å². The number of esters is 2. The second-order valence-corrected chi connectivity index (χ2v) is 5.55. The van der Waals surface area contributed by atoms with Crippen LogP contribution in [0.15, 0.2) is 8.96 Å². The summed E-state index contributed by atoms with van der Waals surface area (Å²) >= 11 is 6.55. The molecule has 0 heterocycles. The van der Waals surface area contributed by atoms with E-state index in [4.69, 9.17) is 9.47 Å². The van der Waals surface area contributed by atoms with Gasteiger partial charge in [-0.25, -0.2) is 0 Å². The molecule has 0 rings (SSSR count). The number of ether oxygens (including phenoxy) is 2. The quantitative estimate of drug-likeness (QED) is 0.598. The highest BCUT2D eigenvalue weighted by Crippen LogP contribution is 2.19. The summed E-state index contributed by atoms with van der Waals surface area (Å²) in [5, 5.41) is 0. The van der Waals surface area contributed by atoms with Crippen molar-refractivity contribution in [1.82, 2.24) is 0 Å². The second-order valence-electron chi connectivity index (χ2n) is 3.63. The second kappa shape index (κ2) is 10.6. The molecule has 0 aliphatic carbocycles. The molecular weight excluding hydrogens is 368 g/mol. The molecule has 0 amide bonds. The van der Waals surface area contributed by atoms with Crippen molar-refractivity contribution in [2.45, 2.75) is 39.5 Å². The molecule has 0 fully saturated rings. The van der Waals surface area contributed by atoms with Gasteiger partial charge in [-0.1, -0.05) is 45.7 Å². The van der Waals surface area contributed by atoms with E-state index in [1.807, 2.05) is 13.8 Å². The number of carbonyl (C=O) groups excluding carboxylic acids is 2. The van der Waals surface area contributed by atoms with Crippen molar-refractivity contribution < 1.29 is 19.1 Å². The van der Waals surface area contributed by atoms with E-state index in [2.05, 4.69) is 31.9 Å². The zero-order valence-corrected chi connectivity index (χ0v) is 13.8. The molecular formula is C12H18Br2O4. The Balaban J connectivity index is 4.03. The Hall–Kier alpha value is -0.360. The molecule has 6 heteroatoms. The Kier molecular flexibility index (Phi) is 10.3. The lowest BCUT2D eigenvalue weighted by atomic mass is 10.3. The minimum absolute atomic E-state index is 0.144. The first kappa shape index (κ1) is 17.6. The fraction of sp³-hybridized carbons (Fsp3) is 0.667. The fourth-order valence-electron chi connectivity index (χ4n) is 0.997. The molecule has 0 atom stereocenters. The first-order chi connectivity index (χ1) is 8.51. The van der Waals surface area contributed by atoms with Crippen molar-refractivity contribution in [3.05, 3.63) is 8.96 Å². The summed E-state index contributed by atoms with van der Waals surface area (Å²) in [5.74, 6) is -0.476. The number of rotatable bonds is 8. The van der Waals surface area contributed by atoms with Crippen molar-refractivity contribution in [3.63, 3.8) is 0 Å². The molecule has 0 N–H and O–H groups in total. The van der Waals surface area contributed by atoms with E-state index < -0.39 is 0 Å². The van der Waals surface area contributed by atoms with Crippen LogP contribution in [-0.4, -0.2) is 25.2 Å². The molecule has 0 aliphatic rings. The van der Waals surface area contributed by atoms with E-state index in [1.165, 1.54) is 0 Å². The number of halogens is 2. The molecule has 0 saturated carbocycles. The van der Waals surface area contributed by atoms with Crippen molar-refractivity contribution in [2.24, 2.45) is 0 Å². The first-order valence-corrected chi connectivity index (χ1v) is 7.44. The maximum absolute atomic E-state index is 11.2. The SMILES string of the molecule is CCCC(=O)OC/C(Br)=C(\Br)COC(=O)CCC. The summed E-state index contributed by atoms with van der Waals surface area (Å²) in [6.07, 6.45) is 2.33. The topological polar surface area (TPSA) is 52.6 Å². The average Bonchev–Trinajstić information content (AvgIpc) is 2.33. The summed E-state index contributed by atoms with van der Waals surface area (Å²) in [6, 6.07) is 0.